The molecule has 19 heavy (non-hydrogen) atoms. The molecular formula is C13H16N6. The van der Waals surface area contributed by atoms with Crippen LogP contribution < -0.4 is 5.73 Å². The molecule has 3 heterocycles. The third-order valence-corrected chi connectivity index (χ3v) is 3.15. The van der Waals surface area contributed by atoms with Gasteiger partial charge in [-0.05, 0) is 19.2 Å². The molecule has 0 saturated heterocycles. The monoisotopic (exact) mass is 256 g/mol. The van der Waals surface area contributed by atoms with E-state index in [-0.39, 0.29) is 0 Å². The van der Waals surface area contributed by atoms with Gasteiger partial charge in [0.05, 0.1) is 11.9 Å². The van der Waals surface area contributed by atoms with Gasteiger partial charge in [0.25, 0.3) is 0 Å². The molecule has 0 spiro atoms. The summed E-state index contributed by atoms with van der Waals surface area (Å²) < 4.78 is 1.99. The molecular weight excluding hydrogens is 240 g/mol. The zero-order chi connectivity index (χ0) is 13.2. The second kappa shape index (κ2) is 4.83. The van der Waals surface area contributed by atoms with Crippen LogP contribution in [0.5, 0.6) is 0 Å². The Morgan fingerprint density at radius 2 is 2.32 bits per heavy atom. The molecule has 0 aliphatic carbocycles. The number of fused-ring (bicyclic) bond motifs is 1. The van der Waals surface area contributed by atoms with E-state index in [0.29, 0.717) is 6.67 Å². The SMILES string of the molecule is CN(CN)Cc1cn[nH]c1-c1ccc2nccn2c1. The predicted molar refractivity (Wildman–Crippen MR) is 73.3 cm³/mol. The van der Waals surface area contributed by atoms with Crippen molar-refractivity contribution in [1.29, 1.82) is 0 Å². The van der Waals surface area contributed by atoms with Gasteiger partial charge in [-0.2, -0.15) is 5.10 Å². The highest BCUT2D eigenvalue weighted by Gasteiger charge is 2.10. The smallest absolute Gasteiger partial charge is 0.136 e. The molecule has 0 aliphatic heterocycles. The van der Waals surface area contributed by atoms with Gasteiger partial charge >= 0.3 is 0 Å². The highest BCUT2D eigenvalue weighted by atomic mass is 15.2. The lowest BCUT2D eigenvalue weighted by Gasteiger charge is -2.13. The number of nitrogens with one attached hydrogen (secondary N) is 1. The van der Waals surface area contributed by atoms with E-state index < -0.39 is 0 Å². The van der Waals surface area contributed by atoms with E-state index in [4.69, 9.17) is 5.73 Å². The van der Waals surface area contributed by atoms with Crippen molar-refractivity contribution >= 4 is 5.65 Å². The van der Waals surface area contributed by atoms with Crippen molar-refractivity contribution in [2.24, 2.45) is 5.73 Å². The molecule has 3 aromatic rings. The average molecular weight is 256 g/mol. The fraction of sp³-hybridized carbons (Fsp3) is 0.231. The Labute approximate surface area is 110 Å². The number of nitrogens with two attached hydrogens (primary N) is 1. The van der Waals surface area contributed by atoms with Gasteiger partial charge in [0.15, 0.2) is 0 Å². The van der Waals surface area contributed by atoms with Crippen molar-refractivity contribution < 1.29 is 0 Å². The summed E-state index contributed by atoms with van der Waals surface area (Å²) in [5.41, 5.74) is 9.80. The number of nitrogens with zero attached hydrogens (tertiary/aromatic N) is 4. The summed E-state index contributed by atoms with van der Waals surface area (Å²) in [4.78, 5) is 6.27. The minimum atomic E-state index is 0.519. The van der Waals surface area contributed by atoms with Gasteiger partial charge < -0.3 is 10.1 Å². The lowest BCUT2D eigenvalue weighted by atomic mass is 10.1. The van der Waals surface area contributed by atoms with Gasteiger partial charge in [-0.3, -0.25) is 10.00 Å². The van der Waals surface area contributed by atoms with E-state index in [1.165, 1.54) is 0 Å². The molecule has 3 aromatic heterocycles. The molecule has 0 atom stereocenters. The van der Waals surface area contributed by atoms with Crippen LogP contribution in [0.3, 0.4) is 0 Å². The van der Waals surface area contributed by atoms with E-state index in [0.717, 1.165) is 29.0 Å². The van der Waals surface area contributed by atoms with Gasteiger partial charge in [-0.25, -0.2) is 4.98 Å². The lowest BCUT2D eigenvalue weighted by Crippen LogP contribution is -2.25. The van der Waals surface area contributed by atoms with Crippen LogP contribution in [0.2, 0.25) is 0 Å². The number of pyridine rings is 1. The fourth-order valence-corrected chi connectivity index (χ4v) is 2.10. The van der Waals surface area contributed by atoms with Crippen molar-refractivity contribution in [1.82, 2.24) is 24.5 Å². The Morgan fingerprint density at radius 3 is 3.16 bits per heavy atom. The van der Waals surface area contributed by atoms with Crippen LogP contribution in [0, 0.1) is 0 Å². The van der Waals surface area contributed by atoms with E-state index in [1.54, 1.807) is 6.20 Å². The molecule has 3 N–H and O–H groups in total. The number of rotatable bonds is 4. The normalized spacial score (nSPS) is 11.5. The molecule has 0 aliphatic rings. The molecule has 0 radical (unpaired) electrons. The Balaban J connectivity index is 1.99. The molecule has 0 saturated carbocycles. The highest BCUT2D eigenvalue weighted by molar-refractivity contribution is 5.63. The first-order chi connectivity index (χ1) is 9.28. The Bertz CT molecular complexity index is 683. The van der Waals surface area contributed by atoms with Gasteiger partial charge in [-0.1, -0.05) is 0 Å². The maximum absolute atomic E-state index is 5.62. The molecule has 0 amide bonds. The third-order valence-electron chi connectivity index (χ3n) is 3.15. The third kappa shape index (κ3) is 2.23. The minimum Gasteiger partial charge on any atom is -0.318 e. The maximum atomic E-state index is 5.62. The number of aromatic nitrogens is 4. The van der Waals surface area contributed by atoms with Crippen LogP contribution in [-0.2, 0) is 6.54 Å². The number of H-pyrrole nitrogens is 1. The first-order valence-electron chi connectivity index (χ1n) is 6.12. The van der Waals surface area contributed by atoms with Crippen LogP contribution in [0.1, 0.15) is 5.56 Å². The van der Waals surface area contributed by atoms with Crippen LogP contribution in [0.4, 0.5) is 0 Å². The van der Waals surface area contributed by atoms with Crippen LogP contribution in [0.25, 0.3) is 16.9 Å². The predicted octanol–water partition coefficient (Wildman–Crippen LogP) is 1.07. The Hall–Kier alpha value is -2.18. The van der Waals surface area contributed by atoms with Crippen molar-refractivity contribution in [3.63, 3.8) is 0 Å². The van der Waals surface area contributed by atoms with Crippen LogP contribution >= 0.6 is 0 Å². The van der Waals surface area contributed by atoms with Crippen molar-refractivity contribution in [2.75, 3.05) is 13.7 Å². The number of hydrogen-bond donors (Lipinski definition) is 2. The van der Waals surface area contributed by atoms with Crippen LogP contribution in [0.15, 0.2) is 36.9 Å². The largest absolute Gasteiger partial charge is 0.318 e. The fourth-order valence-electron chi connectivity index (χ4n) is 2.10. The molecule has 0 aromatic carbocycles. The highest BCUT2D eigenvalue weighted by Crippen LogP contribution is 2.22. The van der Waals surface area contributed by atoms with E-state index in [2.05, 4.69) is 15.2 Å². The molecule has 0 fully saturated rings. The Morgan fingerprint density at radius 1 is 1.42 bits per heavy atom. The first-order valence-corrected chi connectivity index (χ1v) is 6.12. The second-order valence-electron chi connectivity index (χ2n) is 4.58. The van der Waals surface area contributed by atoms with Gasteiger partial charge in [0, 0.05) is 42.9 Å². The number of imidazole rings is 1. The molecule has 0 unspecified atom stereocenters. The maximum Gasteiger partial charge on any atom is 0.136 e. The minimum absolute atomic E-state index is 0.519. The summed E-state index contributed by atoms with van der Waals surface area (Å²) in [7, 11) is 1.98. The van der Waals surface area contributed by atoms with Gasteiger partial charge in [-0.15, -0.1) is 0 Å². The topological polar surface area (TPSA) is 75.2 Å². The summed E-state index contributed by atoms with van der Waals surface area (Å²) in [5, 5.41) is 7.19. The zero-order valence-corrected chi connectivity index (χ0v) is 10.7. The second-order valence-corrected chi connectivity index (χ2v) is 4.58. The van der Waals surface area contributed by atoms with Gasteiger partial charge in [0.2, 0.25) is 0 Å². The molecule has 98 valence electrons. The quantitative estimate of drug-likeness (QED) is 0.685. The van der Waals surface area contributed by atoms with E-state index in [1.807, 2.05) is 47.1 Å². The average Bonchev–Trinajstić information content (AvgIpc) is 3.05. The standard InChI is InChI=1S/C13H16N6/c1-18(9-14)7-11-6-16-17-13(11)10-2-3-12-15-4-5-19(12)8-10/h2-6,8H,7,9,14H2,1H3,(H,16,17). The summed E-state index contributed by atoms with van der Waals surface area (Å²) in [6, 6.07) is 4.04. The first kappa shape index (κ1) is 11.9. The summed E-state index contributed by atoms with van der Waals surface area (Å²) >= 11 is 0. The van der Waals surface area contributed by atoms with Crippen molar-refractivity contribution in [3.05, 3.63) is 42.5 Å². The van der Waals surface area contributed by atoms with Gasteiger partial charge in [0.1, 0.15) is 5.65 Å². The Kier molecular flexibility index (Phi) is 3.02. The number of hydrogen-bond acceptors (Lipinski definition) is 4. The molecule has 3 rings (SSSR count). The molecule has 0 bridgehead atoms. The summed E-state index contributed by atoms with van der Waals surface area (Å²) in [6.45, 7) is 1.29. The number of aromatic amines is 1. The van der Waals surface area contributed by atoms with Crippen LogP contribution in [-0.4, -0.2) is 38.2 Å². The van der Waals surface area contributed by atoms with E-state index >= 15 is 0 Å². The summed E-state index contributed by atoms with van der Waals surface area (Å²) in [5.74, 6) is 0. The zero-order valence-electron chi connectivity index (χ0n) is 10.7. The molecule has 6 heteroatoms. The van der Waals surface area contributed by atoms with Crippen molar-refractivity contribution in [3.8, 4) is 11.3 Å². The lowest BCUT2D eigenvalue weighted by molar-refractivity contribution is 0.338. The van der Waals surface area contributed by atoms with Crippen molar-refractivity contribution in [2.45, 2.75) is 6.54 Å². The molecule has 6 nitrogen and oxygen atoms in total. The van der Waals surface area contributed by atoms with E-state index in [9.17, 15) is 0 Å². The summed E-state index contributed by atoms with van der Waals surface area (Å²) in [6.07, 6.45) is 7.61.